The number of hydrogen-bond donors (Lipinski definition) is 1. The third-order valence-corrected chi connectivity index (χ3v) is 1.40. The number of nitrogens with two attached hydrogens (primary N) is 1. The quantitative estimate of drug-likeness (QED) is 0.497. The highest BCUT2D eigenvalue weighted by Crippen LogP contribution is 2.08. The van der Waals surface area contributed by atoms with Gasteiger partial charge in [-0.3, -0.25) is 0 Å². The fraction of sp³-hybridized carbons (Fsp3) is 0.333. The van der Waals surface area contributed by atoms with Gasteiger partial charge in [0.1, 0.15) is 5.76 Å². The van der Waals surface area contributed by atoms with Crippen LogP contribution < -0.4 is 5.73 Å². The second-order valence-electron chi connectivity index (χ2n) is 2.09. The maximum Gasteiger partial charge on any atom is 0.121 e. The van der Waals surface area contributed by atoms with Crippen LogP contribution in [0.1, 0.15) is 13.8 Å². The summed E-state index contributed by atoms with van der Waals surface area (Å²) in [6.45, 7) is 3.95. The van der Waals surface area contributed by atoms with E-state index in [0.29, 0.717) is 0 Å². The minimum Gasteiger partial charge on any atom is -0.497 e. The normalized spacial score (nSPS) is 14.1. The Balaban J connectivity index is 4.39. The van der Waals surface area contributed by atoms with Crippen LogP contribution in [-0.4, -0.2) is 7.11 Å². The molecule has 0 fully saturated rings. The van der Waals surface area contributed by atoms with Gasteiger partial charge in [0.2, 0.25) is 0 Å². The van der Waals surface area contributed by atoms with Crippen LogP contribution in [0, 0.1) is 0 Å². The minimum atomic E-state index is 0.842. The van der Waals surface area contributed by atoms with Gasteiger partial charge in [-0.05, 0) is 37.8 Å². The summed E-state index contributed by atoms with van der Waals surface area (Å²) < 4.78 is 5.09. The lowest BCUT2D eigenvalue weighted by atomic mass is 10.2. The highest BCUT2D eigenvalue weighted by molar-refractivity contribution is 5.26. The van der Waals surface area contributed by atoms with Crippen molar-refractivity contribution < 1.29 is 4.74 Å². The van der Waals surface area contributed by atoms with Crippen LogP contribution in [0.2, 0.25) is 0 Å². The van der Waals surface area contributed by atoms with E-state index in [-0.39, 0.29) is 0 Å². The van der Waals surface area contributed by atoms with Gasteiger partial charge < -0.3 is 10.5 Å². The van der Waals surface area contributed by atoms with Crippen LogP contribution in [0.3, 0.4) is 0 Å². The van der Waals surface area contributed by atoms with E-state index in [1.165, 1.54) is 6.20 Å². The standard InChI is InChI=1S/C9H15NO/c1-4-8(2)9(11-3)6-5-7-10/h4-7H,10H2,1-3H3/b7-5-,8-4-,9-6+. The molecule has 62 valence electrons. The molecule has 0 unspecified atom stereocenters. The lowest BCUT2D eigenvalue weighted by Gasteiger charge is -2.03. The predicted molar refractivity (Wildman–Crippen MR) is 47.9 cm³/mol. The number of rotatable bonds is 3. The molecule has 0 aliphatic heterocycles. The number of hydrogen-bond acceptors (Lipinski definition) is 2. The van der Waals surface area contributed by atoms with E-state index in [1.54, 1.807) is 13.2 Å². The van der Waals surface area contributed by atoms with Gasteiger partial charge in [0.15, 0.2) is 0 Å². The number of allylic oxidation sites excluding steroid dienone is 4. The van der Waals surface area contributed by atoms with Crippen molar-refractivity contribution in [2.24, 2.45) is 5.73 Å². The first kappa shape index (κ1) is 9.82. The molecule has 2 heteroatoms. The SMILES string of the molecule is C\C=C(C)/C(=C\C=C/N)OC. The predicted octanol–water partition coefficient (Wildman–Crippen LogP) is 1.96. The third kappa shape index (κ3) is 3.50. The Morgan fingerprint density at radius 2 is 2.09 bits per heavy atom. The van der Waals surface area contributed by atoms with E-state index in [0.717, 1.165) is 11.3 Å². The lowest BCUT2D eigenvalue weighted by molar-refractivity contribution is 0.301. The van der Waals surface area contributed by atoms with Gasteiger partial charge in [-0.2, -0.15) is 0 Å². The van der Waals surface area contributed by atoms with Crippen molar-refractivity contribution in [2.45, 2.75) is 13.8 Å². The summed E-state index contributed by atoms with van der Waals surface area (Å²) in [7, 11) is 1.64. The van der Waals surface area contributed by atoms with E-state index in [9.17, 15) is 0 Å². The topological polar surface area (TPSA) is 35.2 Å². The van der Waals surface area contributed by atoms with Gasteiger partial charge in [0.25, 0.3) is 0 Å². The van der Waals surface area contributed by atoms with Crippen LogP contribution in [0.5, 0.6) is 0 Å². The second-order valence-corrected chi connectivity index (χ2v) is 2.09. The molecule has 0 amide bonds. The first-order chi connectivity index (χ1) is 5.26. The van der Waals surface area contributed by atoms with Gasteiger partial charge in [-0.15, -0.1) is 0 Å². The summed E-state index contributed by atoms with van der Waals surface area (Å²) in [6.07, 6.45) is 7.03. The van der Waals surface area contributed by atoms with Crippen molar-refractivity contribution in [3.63, 3.8) is 0 Å². The molecule has 0 bridgehead atoms. The molecule has 0 aromatic heterocycles. The maximum atomic E-state index is 5.17. The molecule has 2 N–H and O–H groups in total. The maximum absolute atomic E-state index is 5.17. The zero-order valence-corrected chi connectivity index (χ0v) is 7.29. The Labute approximate surface area is 68.0 Å². The molecular weight excluding hydrogens is 138 g/mol. The molecule has 11 heavy (non-hydrogen) atoms. The molecule has 0 aliphatic rings. The van der Waals surface area contributed by atoms with Crippen molar-refractivity contribution in [1.82, 2.24) is 0 Å². The van der Waals surface area contributed by atoms with Crippen molar-refractivity contribution in [2.75, 3.05) is 7.11 Å². The summed E-state index contributed by atoms with van der Waals surface area (Å²) in [5.74, 6) is 0.842. The summed E-state index contributed by atoms with van der Waals surface area (Å²) >= 11 is 0. The molecule has 0 aliphatic carbocycles. The van der Waals surface area contributed by atoms with Crippen LogP contribution in [0.25, 0.3) is 0 Å². The smallest absolute Gasteiger partial charge is 0.121 e. The molecule has 0 radical (unpaired) electrons. The van der Waals surface area contributed by atoms with Crippen LogP contribution in [0.4, 0.5) is 0 Å². The molecule has 0 atom stereocenters. The minimum absolute atomic E-state index is 0.842. The Hall–Kier alpha value is -1.18. The van der Waals surface area contributed by atoms with Crippen molar-refractivity contribution >= 4 is 0 Å². The van der Waals surface area contributed by atoms with Crippen molar-refractivity contribution in [3.05, 3.63) is 35.8 Å². The Bertz CT molecular complexity index is 190. The van der Waals surface area contributed by atoms with Gasteiger partial charge in [0.05, 0.1) is 7.11 Å². The molecule has 0 aromatic carbocycles. The summed E-state index contributed by atoms with van der Waals surface area (Å²) in [5, 5.41) is 0. The van der Waals surface area contributed by atoms with Gasteiger partial charge in [0, 0.05) is 0 Å². The largest absolute Gasteiger partial charge is 0.497 e. The molecule has 0 spiro atoms. The van der Waals surface area contributed by atoms with Crippen molar-refractivity contribution in [3.8, 4) is 0 Å². The zero-order valence-electron chi connectivity index (χ0n) is 7.29. The summed E-state index contributed by atoms with van der Waals surface area (Å²) in [5.41, 5.74) is 6.28. The van der Waals surface area contributed by atoms with E-state index < -0.39 is 0 Å². The molecular formula is C9H15NO. The second kappa shape index (κ2) is 5.59. The molecule has 0 aromatic rings. The first-order valence-electron chi connectivity index (χ1n) is 3.52. The van der Waals surface area contributed by atoms with Gasteiger partial charge >= 0.3 is 0 Å². The molecule has 0 rings (SSSR count). The van der Waals surface area contributed by atoms with Crippen LogP contribution in [0.15, 0.2) is 35.8 Å². The van der Waals surface area contributed by atoms with Gasteiger partial charge in [-0.25, -0.2) is 0 Å². The van der Waals surface area contributed by atoms with E-state index in [1.807, 2.05) is 26.0 Å². The number of methoxy groups -OCH3 is 1. The Morgan fingerprint density at radius 1 is 1.45 bits per heavy atom. The lowest BCUT2D eigenvalue weighted by Crippen LogP contribution is -1.87. The fourth-order valence-electron chi connectivity index (χ4n) is 0.646. The Morgan fingerprint density at radius 3 is 2.45 bits per heavy atom. The van der Waals surface area contributed by atoms with Gasteiger partial charge in [-0.1, -0.05) is 6.08 Å². The molecule has 2 nitrogen and oxygen atoms in total. The monoisotopic (exact) mass is 153 g/mol. The molecule has 0 saturated carbocycles. The third-order valence-electron chi connectivity index (χ3n) is 1.40. The average molecular weight is 153 g/mol. The van der Waals surface area contributed by atoms with E-state index in [4.69, 9.17) is 10.5 Å². The summed E-state index contributed by atoms with van der Waals surface area (Å²) in [4.78, 5) is 0. The number of ether oxygens (including phenoxy) is 1. The highest BCUT2D eigenvalue weighted by Gasteiger charge is 1.94. The first-order valence-corrected chi connectivity index (χ1v) is 3.52. The van der Waals surface area contributed by atoms with Crippen LogP contribution >= 0.6 is 0 Å². The molecule has 0 heterocycles. The van der Waals surface area contributed by atoms with Crippen molar-refractivity contribution in [1.29, 1.82) is 0 Å². The van der Waals surface area contributed by atoms with E-state index in [2.05, 4.69) is 0 Å². The Kier molecular flexibility index (Phi) is 4.99. The highest BCUT2D eigenvalue weighted by atomic mass is 16.5. The molecule has 0 saturated heterocycles. The van der Waals surface area contributed by atoms with Crippen LogP contribution in [-0.2, 0) is 4.74 Å². The summed E-state index contributed by atoms with van der Waals surface area (Å²) in [6, 6.07) is 0. The van der Waals surface area contributed by atoms with E-state index >= 15 is 0 Å². The fourth-order valence-corrected chi connectivity index (χ4v) is 0.646. The zero-order chi connectivity index (χ0) is 8.69. The average Bonchev–Trinajstić information content (AvgIpc) is 2.05.